The van der Waals surface area contributed by atoms with E-state index in [1.54, 1.807) is 18.2 Å². The number of phenolic OH excluding ortho intramolecular Hbond substituents is 1. The van der Waals surface area contributed by atoms with Crippen molar-refractivity contribution >= 4 is 63.7 Å². The number of nitrogens with zero attached hydrogens (tertiary/aromatic N) is 5. The monoisotopic (exact) mass is 812 g/mol. The molecule has 1 saturated carbocycles. The molecule has 0 radical (unpaired) electrons. The van der Waals surface area contributed by atoms with Crippen molar-refractivity contribution in [1.82, 2.24) is 5.01 Å². The Morgan fingerprint density at radius 1 is 0.879 bits per heavy atom. The summed E-state index contributed by atoms with van der Waals surface area (Å²) in [5.74, 6) is -11.7. The maximum absolute atomic E-state index is 15.4. The minimum Gasteiger partial charge on any atom is -0.505 e. The zero-order chi connectivity index (χ0) is 41.5. The van der Waals surface area contributed by atoms with Gasteiger partial charge in [0.15, 0.2) is 17.3 Å². The molecule has 6 atom stereocenters. The number of allylic oxidation sites excluding steroid dienone is 2. The fourth-order valence-electron chi connectivity index (χ4n) is 9.47. The lowest BCUT2D eigenvalue weighted by Crippen LogP contribution is -2.53. The third kappa shape index (κ3) is 5.51. The van der Waals surface area contributed by atoms with Gasteiger partial charge in [-0.2, -0.15) is 5.01 Å². The first-order chi connectivity index (χ1) is 27.6. The molecule has 6 unspecified atom stereocenters. The number of halogens is 3. The minimum absolute atomic E-state index is 0.0849. The molecule has 0 aromatic heterocycles. The lowest BCUT2D eigenvalue weighted by atomic mass is 9.49. The summed E-state index contributed by atoms with van der Waals surface area (Å²) in [5, 5.41) is 36.9. The highest BCUT2D eigenvalue weighted by Gasteiger charge is 2.71. The van der Waals surface area contributed by atoms with E-state index in [1.807, 2.05) is 0 Å². The second-order valence-electron chi connectivity index (χ2n) is 14.8. The fourth-order valence-corrected chi connectivity index (χ4v) is 9.60. The maximum atomic E-state index is 15.4. The predicted octanol–water partition coefficient (Wildman–Crippen LogP) is 6.40. The second kappa shape index (κ2) is 13.7. The average Bonchev–Trinajstić information content (AvgIpc) is 3.57. The summed E-state index contributed by atoms with van der Waals surface area (Å²) < 4.78 is 29.3. The Morgan fingerprint density at radius 3 is 2.12 bits per heavy atom. The number of phenols is 1. The molecule has 4 aromatic carbocycles. The number of nitrogens with one attached hydrogen (secondary N) is 1. The molecule has 15 nitrogen and oxygen atoms in total. The van der Waals surface area contributed by atoms with Gasteiger partial charge in [-0.25, -0.2) is 13.7 Å². The molecule has 2 saturated heterocycles. The number of carbonyl (C=O) groups excluding carboxylic acids is 4. The summed E-state index contributed by atoms with van der Waals surface area (Å²) in [6.07, 6.45) is 1.30. The third-order valence-electron chi connectivity index (χ3n) is 11.7. The van der Waals surface area contributed by atoms with Crippen LogP contribution in [-0.4, -0.2) is 57.7 Å². The van der Waals surface area contributed by atoms with Crippen molar-refractivity contribution in [2.75, 3.05) is 29.3 Å². The van der Waals surface area contributed by atoms with Crippen LogP contribution in [0, 0.1) is 55.5 Å². The fraction of sp³-hybridized carbons (Fsp3) is 0.250. The van der Waals surface area contributed by atoms with Crippen molar-refractivity contribution in [1.29, 1.82) is 0 Å². The number of para-hydroxylation sites is 1. The van der Waals surface area contributed by atoms with Gasteiger partial charge in [0.25, 0.3) is 11.8 Å². The van der Waals surface area contributed by atoms with Gasteiger partial charge in [-0.15, -0.1) is 0 Å². The maximum Gasteiger partial charge on any atom is 0.301 e. The van der Waals surface area contributed by atoms with Gasteiger partial charge in [-0.1, -0.05) is 47.5 Å². The predicted molar refractivity (Wildman–Crippen MR) is 204 cm³/mol. The van der Waals surface area contributed by atoms with E-state index in [2.05, 4.69) is 5.43 Å². The normalized spacial score (nSPS) is 24.9. The Kier molecular flexibility index (Phi) is 9.02. The number of hydrazine groups is 1. The Bertz CT molecular complexity index is 2480. The molecule has 2 aliphatic heterocycles. The number of benzene rings is 4. The van der Waals surface area contributed by atoms with Gasteiger partial charge < -0.3 is 10.0 Å². The van der Waals surface area contributed by atoms with E-state index in [4.69, 9.17) is 11.6 Å². The van der Waals surface area contributed by atoms with Gasteiger partial charge in [-0.3, -0.25) is 44.8 Å². The highest BCUT2D eigenvalue weighted by molar-refractivity contribution is 6.30. The van der Waals surface area contributed by atoms with Crippen molar-refractivity contribution in [3.05, 3.63) is 139 Å². The summed E-state index contributed by atoms with van der Waals surface area (Å²) in [7, 11) is 2.74. The molecule has 0 bridgehead atoms. The standard InChI is InChI=1S/C40H31ClF2N6O9/c1-45(2)34-30(48(55)56)16-23(17-31(34)49(57)58)46-36(51)25-15-14-24-27(32(25)38(46)53)18-28-37(52)47(44-22-12-10-21(42)11-13-22)39(54)40(28,19-6-8-20(41)9-7-19)33(24)26-4-3-5-29(43)35(26)50/h3-14,16-17,25,27-28,32-33,44,50H,15,18H2,1-2H3. The highest BCUT2D eigenvalue weighted by Crippen LogP contribution is 2.65. The van der Waals surface area contributed by atoms with Gasteiger partial charge in [-0.05, 0) is 66.8 Å². The summed E-state index contributed by atoms with van der Waals surface area (Å²) in [6, 6.07) is 16.5. The number of rotatable bonds is 8. The number of nitro benzene ring substituents is 2. The first kappa shape index (κ1) is 38.1. The molecular weight excluding hydrogens is 782 g/mol. The Hall–Kier alpha value is -6.75. The SMILES string of the molecule is CN(C)c1c([N+](=O)[O-])cc(N2C(=O)C3CC=C4C(CC5C(=O)N(Nc6ccc(F)cc6)C(=O)C5(c5ccc(Cl)cc5)C4c4cccc(F)c4O)C3C2=O)cc1[N+](=O)[O-]. The number of imide groups is 2. The summed E-state index contributed by atoms with van der Waals surface area (Å²) >= 11 is 6.29. The quantitative estimate of drug-likeness (QED) is 0.0865. The van der Waals surface area contributed by atoms with Crippen molar-refractivity contribution in [2.45, 2.75) is 24.2 Å². The molecule has 8 rings (SSSR count). The van der Waals surface area contributed by atoms with Crippen LogP contribution in [0.1, 0.15) is 29.9 Å². The number of amides is 4. The van der Waals surface area contributed by atoms with E-state index in [9.17, 15) is 44.1 Å². The number of aromatic hydroxyl groups is 1. The lowest BCUT2D eigenvalue weighted by molar-refractivity contribution is -0.392. The molecule has 18 heteroatoms. The van der Waals surface area contributed by atoms with Crippen LogP contribution in [0.3, 0.4) is 0 Å². The molecule has 0 spiro atoms. The number of hydrogen-bond acceptors (Lipinski definition) is 11. The summed E-state index contributed by atoms with van der Waals surface area (Å²) in [4.78, 5) is 83.5. The number of fused-ring (bicyclic) bond motifs is 4. The largest absolute Gasteiger partial charge is 0.505 e. The van der Waals surface area contributed by atoms with E-state index < -0.39 is 103 Å². The minimum atomic E-state index is -1.91. The Morgan fingerprint density at radius 2 is 1.52 bits per heavy atom. The van der Waals surface area contributed by atoms with Crippen LogP contribution in [0.2, 0.25) is 5.02 Å². The van der Waals surface area contributed by atoms with E-state index in [0.29, 0.717) is 15.5 Å². The number of nitro groups is 2. The van der Waals surface area contributed by atoms with Gasteiger partial charge in [0.2, 0.25) is 11.8 Å². The van der Waals surface area contributed by atoms with E-state index >= 15 is 9.18 Å². The van der Waals surface area contributed by atoms with Crippen LogP contribution in [-0.2, 0) is 24.6 Å². The second-order valence-corrected chi connectivity index (χ2v) is 15.2. The number of hydrogen-bond donors (Lipinski definition) is 2. The topological polar surface area (TPSA) is 197 Å². The number of carbonyl (C=O) groups is 4. The molecule has 4 aliphatic rings. The molecule has 4 amide bonds. The van der Waals surface area contributed by atoms with Gasteiger partial charge in [0.05, 0.1) is 44.4 Å². The molecular formula is C40H31ClF2N6O9. The van der Waals surface area contributed by atoms with Crippen molar-refractivity contribution in [2.24, 2.45) is 23.7 Å². The molecule has 296 valence electrons. The number of anilines is 3. The highest BCUT2D eigenvalue weighted by atomic mass is 35.5. The van der Waals surface area contributed by atoms with E-state index in [1.165, 1.54) is 55.4 Å². The first-order valence-electron chi connectivity index (χ1n) is 17.9. The van der Waals surface area contributed by atoms with Crippen LogP contribution < -0.4 is 15.2 Å². The van der Waals surface area contributed by atoms with Crippen LogP contribution in [0.4, 0.5) is 37.2 Å². The summed E-state index contributed by atoms with van der Waals surface area (Å²) in [6.45, 7) is 0. The molecule has 2 aliphatic carbocycles. The molecule has 4 aromatic rings. The van der Waals surface area contributed by atoms with Gasteiger partial charge >= 0.3 is 11.4 Å². The zero-order valence-electron chi connectivity index (χ0n) is 30.5. The van der Waals surface area contributed by atoms with E-state index in [-0.39, 0.29) is 35.3 Å². The first-order valence-corrected chi connectivity index (χ1v) is 18.3. The lowest BCUT2D eigenvalue weighted by Gasteiger charge is -2.50. The van der Waals surface area contributed by atoms with Crippen LogP contribution >= 0.6 is 11.6 Å². The Balaban J connectivity index is 1.32. The molecule has 2 heterocycles. The van der Waals surface area contributed by atoms with E-state index in [0.717, 1.165) is 35.3 Å². The van der Waals surface area contributed by atoms with Crippen LogP contribution in [0.15, 0.2) is 90.5 Å². The van der Waals surface area contributed by atoms with Gasteiger partial charge in [0, 0.05) is 42.7 Å². The Labute approximate surface area is 332 Å². The van der Waals surface area contributed by atoms with Crippen molar-refractivity contribution < 1.29 is 42.9 Å². The van der Waals surface area contributed by atoms with Gasteiger partial charge in [0.1, 0.15) is 5.82 Å². The van der Waals surface area contributed by atoms with Crippen molar-refractivity contribution in [3.8, 4) is 5.75 Å². The molecule has 3 fully saturated rings. The smallest absolute Gasteiger partial charge is 0.301 e. The molecule has 2 N–H and O–H groups in total. The van der Waals surface area contributed by atoms with Crippen LogP contribution in [0.25, 0.3) is 0 Å². The van der Waals surface area contributed by atoms with Crippen molar-refractivity contribution in [3.63, 3.8) is 0 Å². The zero-order valence-corrected chi connectivity index (χ0v) is 31.2. The molecule has 58 heavy (non-hydrogen) atoms. The summed E-state index contributed by atoms with van der Waals surface area (Å²) in [5.41, 5.74) is -0.623. The van der Waals surface area contributed by atoms with Crippen LogP contribution in [0.5, 0.6) is 5.75 Å². The third-order valence-corrected chi connectivity index (χ3v) is 12.0. The average molecular weight is 813 g/mol.